The maximum Gasteiger partial charge on any atom is 0.115 e. The highest BCUT2D eigenvalue weighted by Crippen LogP contribution is 2.12. The number of aromatic hydroxyl groups is 1. The largest absolute Gasteiger partial charge is 0.508 e. The highest BCUT2D eigenvalue weighted by molar-refractivity contribution is 6.30. The smallest absolute Gasteiger partial charge is 0.115 e. The van der Waals surface area contributed by atoms with Crippen molar-refractivity contribution in [3.63, 3.8) is 0 Å². The van der Waals surface area contributed by atoms with Crippen molar-refractivity contribution < 1.29 is 5.11 Å². The van der Waals surface area contributed by atoms with Crippen molar-refractivity contribution in [1.29, 1.82) is 5.26 Å². The van der Waals surface area contributed by atoms with E-state index in [0.29, 0.717) is 5.02 Å². The maximum absolute atomic E-state index is 8.70. The Morgan fingerprint density at radius 1 is 1.36 bits per heavy atom. The summed E-state index contributed by atoms with van der Waals surface area (Å²) >= 11 is 5.50. The third kappa shape index (κ3) is 5.25. The standard InChI is InChI=1S/C6H5ClO.C2H3N/c7-5-1-3-6(8)4-2-5;1-2-3/h1-4,8H;1H3. The summed E-state index contributed by atoms with van der Waals surface area (Å²) in [6, 6.07) is 8.11. The van der Waals surface area contributed by atoms with E-state index in [-0.39, 0.29) is 5.75 Å². The van der Waals surface area contributed by atoms with Crippen molar-refractivity contribution in [2.75, 3.05) is 0 Å². The molecule has 0 atom stereocenters. The number of phenolic OH excluding ortho intramolecular Hbond substituents is 1. The second kappa shape index (κ2) is 5.57. The lowest BCUT2D eigenvalue weighted by Gasteiger charge is -1.87. The molecule has 0 aliphatic heterocycles. The number of nitriles is 1. The zero-order chi connectivity index (χ0) is 8.69. The molecule has 0 heterocycles. The van der Waals surface area contributed by atoms with Crippen LogP contribution in [0.3, 0.4) is 0 Å². The Bertz CT molecular complexity index is 216. The molecule has 11 heavy (non-hydrogen) atoms. The van der Waals surface area contributed by atoms with Gasteiger partial charge in [-0.3, -0.25) is 0 Å². The summed E-state index contributed by atoms with van der Waals surface area (Å²) in [6.07, 6.45) is 0. The number of rotatable bonds is 0. The van der Waals surface area contributed by atoms with Crippen LogP contribution in [-0.4, -0.2) is 5.11 Å². The predicted octanol–water partition coefficient (Wildman–Crippen LogP) is 2.58. The van der Waals surface area contributed by atoms with Crippen LogP contribution in [0.2, 0.25) is 5.02 Å². The molecule has 58 valence electrons. The summed E-state index contributed by atoms with van der Waals surface area (Å²) in [5.74, 6) is 0.245. The van der Waals surface area contributed by atoms with Gasteiger partial charge in [0.15, 0.2) is 0 Å². The van der Waals surface area contributed by atoms with Gasteiger partial charge in [-0.1, -0.05) is 11.6 Å². The number of phenols is 1. The molecular weight excluding hydrogens is 162 g/mol. The van der Waals surface area contributed by atoms with Crippen molar-refractivity contribution in [2.45, 2.75) is 6.92 Å². The van der Waals surface area contributed by atoms with E-state index in [1.165, 1.54) is 6.92 Å². The highest BCUT2D eigenvalue weighted by atomic mass is 35.5. The normalized spacial score (nSPS) is 7.36. The Morgan fingerprint density at radius 2 is 1.73 bits per heavy atom. The van der Waals surface area contributed by atoms with Gasteiger partial charge in [0, 0.05) is 11.9 Å². The molecule has 0 fully saturated rings. The van der Waals surface area contributed by atoms with E-state index in [2.05, 4.69) is 0 Å². The van der Waals surface area contributed by atoms with Crippen LogP contribution >= 0.6 is 11.6 Å². The van der Waals surface area contributed by atoms with Crippen LogP contribution in [-0.2, 0) is 0 Å². The fraction of sp³-hybridized carbons (Fsp3) is 0.125. The minimum atomic E-state index is 0.245. The van der Waals surface area contributed by atoms with E-state index in [1.807, 2.05) is 0 Å². The molecule has 0 spiro atoms. The summed E-state index contributed by atoms with van der Waals surface area (Å²) in [4.78, 5) is 0. The lowest BCUT2D eigenvalue weighted by Crippen LogP contribution is -1.61. The first-order chi connectivity index (χ1) is 5.20. The molecule has 1 aromatic rings. The van der Waals surface area contributed by atoms with E-state index < -0.39 is 0 Å². The average molecular weight is 170 g/mol. The molecule has 0 aliphatic carbocycles. The molecule has 1 N–H and O–H groups in total. The number of hydrogen-bond acceptors (Lipinski definition) is 2. The molecule has 0 bridgehead atoms. The Morgan fingerprint density at radius 3 is 2.00 bits per heavy atom. The zero-order valence-electron chi connectivity index (χ0n) is 6.08. The monoisotopic (exact) mass is 169 g/mol. The van der Waals surface area contributed by atoms with Crippen LogP contribution in [0.25, 0.3) is 0 Å². The third-order valence-electron chi connectivity index (χ3n) is 0.827. The van der Waals surface area contributed by atoms with Crippen molar-refractivity contribution in [2.24, 2.45) is 0 Å². The minimum Gasteiger partial charge on any atom is -0.508 e. The topological polar surface area (TPSA) is 44.0 Å². The fourth-order valence-electron chi connectivity index (χ4n) is 0.441. The van der Waals surface area contributed by atoms with Crippen LogP contribution in [0.15, 0.2) is 24.3 Å². The van der Waals surface area contributed by atoms with Gasteiger partial charge in [-0.25, -0.2) is 0 Å². The van der Waals surface area contributed by atoms with Crippen molar-refractivity contribution in [3.8, 4) is 11.8 Å². The van der Waals surface area contributed by atoms with Gasteiger partial charge in [0.1, 0.15) is 5.75 Å². The molecule has 0 amide bonds. The van der Waals surface area contributed by atoms with Crippen LogP contribution in [0.4, 0.5) is 0 Å². The Balaban J connectivity index is 0.000000292. The number of benzene rings is 1. The van der Waals surface area contributed by atoms with Gasteiger partial charge in [0.05, 0.1) is 6.07 Å². The van der Waals surface area contributed by atoms with Crippen molar-refractivity contribution in [1.82, 2.24) is 0 Å². The SMILES string of the molecule is CC#N.Oc1ccc(Cl)cc1. The first-order valence-electron chi connectivity index (χ1n) is 2.96. The van der Waals surface area contributed by atoms with E-state index in [0.717, 1.165) is 0 Å². The first-order valence-corrected chi connectivity index (χ1v) is 3.34. The molecule has 0 aromatic heterocycles. The maximum atomic E-state index is 8.70. The van der Waals surface area contributed by atoms with Crippen LogP contribution in [0.5, 0.6) is 5.75 Å². The molecule has 0 saturated heterocycles. The van der Waals surface area contributed by atoms with Gasteiger partial charge < -0.3 is 5.11 Å². The van der Waals surface area contributed by atoms with Gasteiger partial charge in [-0.05, 0) is 24.3 Å². The van der Waals surface area contributed by atoms with E-state index >= 15 is 0 Å². The van der Waals surface area contributed by atoms with Crippen LogP contribution < -0.4 is 0 Å². The van der Waals surface area contributed by atoms with Gasteiger partial charge in [0.25, 0.3) is 0 Å². The third-order valence-corrected chi connectivity index (χ3v) is 1.08. The summed E-state index contributed by atoms with van der Waals surface area (Å²) in [7, 11) is 0. The Labute approximate surface area is 70.7 Å². The summed E-state index contributed by atoms with van der Waals surface area (Å²) in [5, 5.41) is 16.7. The second-order valence-corrected chi connectivity index (χ2v) is 2.14. The second-order valence-electron chi connectivity index (χ2n) is 1.70. The van der Waals surface area contributed by atoms with E-state index in [1.54, 1.807) is 30.3 Å². The molecule has 1 rings (SSSR count). The Hall–Kier alpha value is -1.20. The average Bonchev–Trinajstić information content (AvgIpc) is 1.97. The van der Waals surface area contributed by atoms with E-state index in [9.17, 15) is 0 Å². The fourth-order valence-corrected chi connectivity index (χ4v) is 0.567. The van der Waals surface area contributed by atoms with Crippen molar-refractivity contribution >= 4 is 11.6 Å². The van der Waals surface area contributed by atoms with Gasteiger partial charge in [-0.15, -0.1) is 0 Å². The molecule has 0 saturated carbocycles. The molecule has 3 heteroatoms. The van der Waals surface area contributed by atoms with Gasteiger partial charge >= 0.3 is 0 Å². The number of hydrogen-bond donors (Lipinski definition) is 1. The molecule has 2 nitrogen and oxygen atoms in total. The molecular formula is C8H8ClNO. The van der Waals surface area contributed by atoms with Crippen LogP contribution in [0, 0.1) is 11.3 Å². The Kier molecular flexibility index (Phi) is 4.97. The van der Waals surface area contributed by atoms with Gasteiger partial charge in [-0.2, -0.15) is 5.26 Å². The quantitative estimate of drug-likeness (QED) is 0.649. The number of halogens is 1. The summed E-state index contributed by atoms with van der Waals surface area (Å²) in [5.41, 5.74) is 0. The minimum absolute atomic E-state index is 0.245. The molecule has 0 aliphatic rings. The molecule has 0 unspecified atom stereocenters. The van der Waals surface area contributed by atoms with Crippen molar-refractivity contribution in [3.05, 3.63) is 29.3 Å². The molecule has 1 aromatic carbocycles. The zero-order valence-corrected chi connectivity index (χ0v) is 6.84. The predicted molar refractivity (Wildman–Crippen MR) is 44.4 cm³/mol. The summed E-state index contributed by atoms with van der Waals surface area (Å²) in [6.45, 7) is 1.43. The first kappa shape index (κ1) is 9.80. The highest BCUT2D eigenvalue weighted by Gasteiger charge is 1.84. The molecule has 0 radical (unpaired) electrons. The summed E-state index contributed by atoms with van der Waals surface area (Å²) < 4.78 is 0. The lowest BCUT2D eigenvalue weighted by molar-refractivity contribution is 0.475. The van der Waals surface area contributed by atoms with E-state index in [4.69, 9.17) is 22.0 Å². The number of nitrogens with zero attached hydrogens (tertiary/aromatic N) is 1. The van der Waals surface area contributed by atoms with Crippen LogP contribution in [0.1, 0.15) is 6.92 Å². The lowest BCUT2D eigenvalue weighted by atomic mass is 10.3. The van der Waals surface area contributed by atoms with Gasteiger partial charge in [0.2, 0.25) is 0 Å².